The van der Waals surface area contributed by atoms with Gasteiger partial charge in [-0.2, -0.15) is 48.3 Å². The molecule has 0 radical (unpaired) electrons. The van der Waals surface area contributed by atoms with E-state index in [1.807, 2.05) is 0 Å². The van der Waals surface area contributed by atoms with Gasteiger partial charge in [0.15, 0.2) is 12.5 Å². The molecule has 1 aliphatic rings. The quantitative estimate of drug-likeness (QED) is 0.472. The molecule has 0 aromatic carbocycles. The van der Waals surface area contributed by atoms with Crippen molar-refractivity contribution in [1.29, 1.82) is 0 Å². The smallest absolute Gasteiger partial charge is 0.341 e. The van der Waals surface area contributed by atoms with E-state index in [1.165, 1.54) is 0 Å². The summed E-state index contributed by atoms with van der Waals surface area (Å²) in [5, 5.41) is 0. The molecule has 1 fully saturated rings. The lowest BCUT2D eigenvalue weighted by atomic mass is 9.97. The average molecular weight is 388 g/mol. The Morgan fingerprint density at radius 2 is 1.29 bits per heavy atom. The number of hydrogen-bond donors (Lipinski definition) is 0. The van der Waals surface area contributed by atoms with Crippen LogP contribution >= 0.6 is 0 Å². The van der Waals surface area contributed by atoms with Gasteiger partial charge >= 0.3 is 30.1 Å². The van der Waals surface area contributed by atoms with Crippen molar-refractivity contribution in [3.63, 3.8) is 0 Å². The van der Waals surface area contributed by atoms with Crippen molar-refractivity contribution in [2.45, 2.75) is 62.0 Å². The zero-order valence-electron chi connectivity index (χ0n) is 11.3. The van der Waals surface area contributed by atoms with Crippen LogP contribution in [-0.4, -0.2) is 48.6 Å². The molecule has 0 amide bonds. The number of rotatable bonds is 7. The molecule has 0 N–H and O–H groups in total. The van der Waals surface area contributed by atoms with E-state index >= 15 is 0 Å². The highest BCUT2D eigenvalue weighted by molar-refractivity contribution is 5.04. The first-order valence-electron chi connectivity index (χ1n) is 5.92. The third-order valence-corrected chi connectivity index (χ3v) is 2.90. The molecule has 24 heavy (non-hydrogen) atoms. The van der Waals surface area contributed by atoms with Crippen molar-refractivity contribution in [1.82, 2.24) is 0 Å². The number of epoxide rings is 1. The molecular weight excluding hydrogens is 380 g/mol. The van der Waals surface area contributed by atoms with E-state index in [2.05, 4.69) is 9.47 Å². The predicted molar refractivity (Wildman–Crippen MR) is 50.8 cm³/mol. The first kappa shape index (κ1) is 21.1. The standard InChI is InChI=1S/C10H8F12O2/c1-3-5(23-3)24-10(21,22)9(19,20)8(17,18)7(15,16)4(11)2-6(12,13)14/h3-5H,2H2,1H3. The molecule has 1 aliphatic heterocycles. The summed E-state index contributed by atoms with van der Waals surface area (Å²) in [6.45, 7) is 0.979. The van der Waals surface area contributed by atoms with Crippen LogP contribution in [0.3, 0.4) is 0 Å². The highest BCUT2D eigenvalue weighted by Gasteiger charge is 2.84. The molecule has 144 valence electrons. The third kappa shape index (κ3) is 3.68. The summed E-state index contributed by atoms with van der Waals surface area (Å²) in [4.78, 5) is 0. The molecule has 0 spiro atoms. The lowest BCUT2D eigenvalue weighted by molar-refractivity contribution is -0.438. The van der Waals surface area contributed by atoms with Gasteiger partial charge in [-0.15, -0.1) is 0 Å². The average Bonchev–Trinajstić information content (AvgIpc) is 3.00. The predicted octanol–water partition coefficient (Wildman–Crippen LogP) is 4.54. The minimum absolute atomic E-state index is 0.979. The number of halogens is 12. The van der Waals surface area contributed by atoms with Gasteiger partial charge in [0.1, 0.15) is 6.10 Å². The molecule has 0 bridgehead atoms. The van der Waals surface area contributed by atoms with Crippen molar-refractivity contribution in [2.75, 3.05) is 0 Å². The Morgan fingerprint density at radius 3 is 1.62 bits per heavy atom. The molecule has 0 aliphatic carbocycles. The number of alkyl halides is 12. The van der Waals surface area contributed by atoms with Crippen LogP contribution in [-0.2, 0) is 9.47 Å². The zero-order valence-corrected chi connectivity index (χ0v) is 11.3. The Balaban J connectivity index is 3.09. The van der Waals surface area contributed by atoms with E-state index in [0.717, 1.165) is 6.92 Å². The SMILES string of the molecule is CC1OC1OC(F)(F)C(F)(F)C(F)(F)C(F)(F)C(F)CC(F)(F)F. The second-order valence-corrected chi connectivity index (χ2v) is 4.90. The third-order valence-electron chi connectivity index (χ3n) is 2.90. The molecule has 0 aromatic rings. The van der Waals surface area contributed by atoms with Gasteiger partial charge in [-0.25, -0.2) is 4.39 Å². The second-order valence-electron chi connectivity index (χ2n) is 4.90. The van der Waals surface area contributed by atoms with Gasteiger partial charge in [0.2, 0.25) is 0 Å². The molecule has 1 rings (SSSR count). The molecule has 3 unspecified atom stereocenters. The highest BCUT2D eigenvalue weighted by atomic mass is 19.4. The number of ether oxygens (including phenoxy) is 2. The lowest BCUT2D eigenvalue weighted by Gasteiger charge is -2.37. The molecule has 2 nitrogen and oxygen atoms in total. The van der Waals surface area contributed by atoms with Crippen molar-refractivity contribution in [2.24, 2.45) is 0 Å². The van der Waals surface area contributed by atoms with Crippen molar-refractivity contribution >= 4 is 0 Å². The van der Waals surface area contributed by atoms with Crippen LogP contribution in [0.4, 0.5) is 52.7 Å². The largest absolute Gasteiger partial charge is 0.428 e. The molecule has 0 aromatic heterocycles. The van der Waals surface area contributed by atoms with Crippen LogP contribution in [0.5, 0.6) is 0 Å². The number of hydrogen-bond acceptors (Lipinski definition) is 2. The van der Waals surface area contributed by atoms with Crippen molar-refractivity contribution in [3.05, 3.63) is 0 Å². The Hall–Kier alpha value is -0.920. The normalized spacial score (nSPS) is 24.9. The molecule has 3 atom stereocenters. The topological polar surface area (TPSA) is 21.8 Å². The van der Waals surface area contributed by atoms with E-state index in [9.17, 15) is 52.7 Å². The van der Waals surface area contributed by atoms with Crippen LogP contribution in [0.25, 0.3) is 0 Å². The van der Waals surface area contributed by atoms with Crippen LogP contribution in [0.1, 0.15) is 13.3 Å². The fourth-order valence-corrected chi connectivity index (χ4v) is 1.43. The fraction of sp³-hybridized carbons (Fsp3) is 1.00. The van der Waals surface area contributed by atoms with Crippen LogP contribution in [0.15, 0.2) is 0 Å². The molecule has 1 heterocycles. The summed E-state index contributed by atoms with van der Waals surface area (Å²) in [5.41, 5.74) is 0. The van der Waals surface area contributed by atoms with Gasteiger partial charge in [0.05, 0.1) is 6.42 Å². The minimum Gasteiger partial charge on any atom is -0.341 e. The summed E-state index contributed by atoms with van der Waals surface area (Å²) >= 11 is 0. The zero-order chi connectivity index (χ0) is 19.4. The monoisotopic (exact) mass is 388 g/mol. The van der Waals surface area contributed by atoms with Crippen LogP contribution < -0.4 is 0 Å². The summed E-state index contributed by atoms with van der Waals surface area (Å²) in [5.74, 6) is -21.0. The second kappa shape index (κ2) is 5.81. The van der Waals surface area contributed by atoms with Gasteiger partial charge in [-0.1, -0.05) is 0 Å². The van der Waals surface area contributed by atoms with Gasteiger partial charge < -0.3 is 4.74 Å². The van der Waals surface area contributed by atoms with Crippen molar-refractivity contribution < 1.29 is 62.2 Å². The van der Waals surface area contributed by atoms with E-state index in [-0.39, 0.29) is 0 Å². The Morgan fingerprint density at radius 1 is 0.875 bits per heavy atom. The summed E-state index contributed by atoms with van der Waals surface area (Å²) in [6.07, 6.45) is -23.5. The lowest BCUT2D eigenvalue weighted by Crippen LogP contribution is -2.65. The van der Waals surface area contributed by atoms with Gasteiger partial charge in [-0.05, 0) is 6.92 Å². The maximum atomic E-state index is 13.2. The maximum absolute atomic E-state index is 13.2. The van der Waals surface area contributed by atoms with E-state index in [1.54, 1.807) is 0 Å². The van der Waals surface area contributed by atoms with E-state index in [4.69, 9.17) is 0 Å². The summed E-state index contributed by atoms with van der Waals surface area (Å²) < 4.78 is 160. The summed E-state index contributed by atoms with van der Waals surface area (Å²) in [7, 11) is 0. The molecule has 1 saturated heterocycles. The van der Waals surface area contributed by atoms with Gasteiger partial charge in [-0.3, -0.25) is 4.74 Å². The first-order chi connectivity index (χ1) is 10.4. The maximum Gasteiger partial charge on any atom is 0.428 e. The Kier molecular flexibility index (Phi) is 5.12. The van der Waals surface area contributed by atoms with Crippen LogP contribution in [0.2, 0.25) is 0 Å². The van der Waals surface area contributed by atoms with E-state index < -0.39 is 55.0 Å². The molecule has 14 heteroatoms. The van der Waals surface area contributed by atoms with Gasteiger partial charge in [0.25, 0.3) is 0 Å². The summed E-state index contributed by atoms with van der Waals surface area (Å²) in [6, 6.07) is 0. The van der Waals surface area contributed by atoms with Crippen LogP contribution in [0, 0.1) is 0 Å². The van der Waals surface area contributed by atoms with Gasteiger partial charge in [0, 0.05) is 0 Å². The van der Waals surface area contributed by atoms with E-state index in [0.29, 0.717) is 0 Å². The molecule has 0 saturated carbocycles. The fourth-order valence-electron chi connectivity index (χ4n) is 1.43. The first-order valence-corrected chi connectivity index (χ1v) is 5.92. The molecular formula is C10H8F12O2. The Labute approximate surface area is 125 Å². The Bertz CT molecular complexity index is 459. The highest BCUT2D eigenvalue weighted by Crippen LogP contribution is 2.56. The van der Waals surface area contributed by atoms with Crippen molar-refractivity contribution in [3.8, 4) is 0 Å². The minimum atomic E-state index is -7.20.